The second-order valence-corrected chi connectivity index (χ2v) is 8.06. The molecule has 0 bridgehead atoms. The predicted octanol–water partition coefficient (Wildman–Crippen LogP) is 5.27. The minimum Gasteiger partial charge on any atom is -0.332 e. The van der Waals surface area contributed by atoms with Gasteiger partial charge in [-0.05, 0) is 47.7 Å². The lowest BCUT2D eigenvalue weighted by molar-refractivity contribution is -0.113. The number of carbonyl (C=O) groups is 1. The molecule has 2 aromatic heterocycles. The highest BCUT2D eigenvalue weighted by atomic mass is 35.5. The van der Waals surface area contributed by atoms with Crippen LogP contribution in [0.2, 0.25) is 10.0 Å². The van der Waals surface area contributed by atoms with Crippen LogP contribution in [0.15, 0.2) is 64.9 Å². The summed E-state index contributed by atoms with van der Waals surface area (Å²) in [6.07, 6.45) is 7.13. The third kappa shape index (κ3) is 3.37. The molecule has 1 amide bonds. The van der Waals surface area contributed by atoms with Crippen LogP contribution in [0.3, 0.4) is 0 Å². The first-order chi connectivity index (χ1) is 14.1. The number of thioether (sulfide) groups is 1. The van der Waals surface area contributed by atoms with E-state index in [4.69, 9.17) is 23.2 Å². The number of hydrogen-bond acceptors (Lipinski definition) is 5. The van der Waals surface area contributed by atoms with E-state index in [0.29, 0.717) is 25.8 Å². The SMILES string of the molecule is O=C1N=C(Nc2c(Cl)cccc2Cl)S/C1=C/c1ccc2ncc3nccn3c2c1. The molecule has 3 heterocycles. The van der Waals surface area contributed by atoms with E-state index in [1.54, 1.807) is 36.7 Å². The van der Waals surface area contributed by atoms with Crippen molar-refractivity contribution in [3.05, 3.63) is 75.5 Å². The van der Waals surface area contributed by atoms with E-state index in [2.05, 4.69) is 20.3 Å². The molecule has 5 rings (SSSR count). The van der Waals surface area contributed by atoms with Crippen molar-refractivity contribution in [2.45, 2.75) is 0 Å². The quantitative estimate of drug-likeness (QED) is 0.430. The number of aromatic nitrogens is 3. The van der Waals surface area contributed by atoms with Gasteiger partial charge in [0.25, 0.3) is 5.91 Å². The van der Waals surface area contributed by atoms with Gasteiger partial charge in [0.1, 0.15) is 0 Å². The van der Waals surface area contributed by atoms with Gasteiger partial charge in [-0.15, -0.1) is 0 Å². The number of halogens is 2. The van der Waals surface area contributed by atoms with Gasteiger partial charge in [0, 0.05) is 12.4 Å². The molecule has 4 aromatic rings. The van der Waals surface area contributed by atoms with E-state index in [-0.39, 0.29) is 5.91 Å². The maximum absolute atomic E-state index is 12.4. The van der Waals surface area contributed by atoms with Gasteiger partial charge in [-0.2, -0.15) is 4.99 Å². The Morgan fingerprint density at radius 2 is 1.93 bits per heavy atom. The Kier molecular flexibility index (Phi) is 4.50. The number of nitrogens with zero attached hydrogens (tertiary/aromatic N) is 4. The molecular weight excluding hydrogens is 429 g/mol. The molecule has 1 N–H and O–H groups in total. The Morgan fingerprint density at radius 3 is 2.76 bits per heavy atom. The number of carbonyl (C=O) groups excluding carboxylic acids is 1. The number of aliphatic imine (C=N–C) groups is 1. The molecule has 142 valence electrons. The Balaban J connectivity index is 1.45. The number of benzene rings is 2. The Labute approximate surface area is 179 Å². The summed E-state index contributed by atoms with van der Waals surface area (Å²) < 4.78 is 1.96. The third-order valence-electron chi connectivity index (χ3n) is 4.36. The van der Waals surface area contributed by atoms with Crippen molar-refractivity contribution in [3.8, 4) is 0 Å². The Morgan fingerprint density at radius 1 is 1.10 bits per heavy atom. The number of imidazole rings is 1. The molecule has 29 heavy (non-hydrogen) atoms. The van der Waals surface area contributed by atoms with Gasteiger partial charge in [-0.3, -0.25) is 14.2 Å². The van der Waals surface area contributed by atoms with Crippen LogP contribution in [0.1, 0.15) is 5.56 Å². The van der Waals surface area contributed by atoms with Crippen LogP contribution in [0, 0.1) is 0 Å². The van der Waals surface area contributed by atoms with Crippen LogP contribution in [0.5, 0.6) is 0 Å². The summed E-state index contributed by atoms with van der Waals surface area (Å²) >= 11 is 13.6. The van der Waals surface area contributed by atoms with Crippen LogP contribution in [-0.2, 0) is 4.79 Å². The summed E-state index contributed by atoms with van der Waals surface area (Å²) in [6, 6.07) is 11.0. The first-order valence-corrected chi connectivity index (χ1v) is 10.1. The Bertz CT molecular complexity index is 1340. The number of hydrogen-bond donors (Lipinski definition) is 1. The van der Waals surface area contributed by atoms with Gasteiger partial charge in [-0.25, -0.2) is 4.98 Å². The highest BCUT2D eigenvalue weighted by Gasteiger charge is 2.23. The standard InChI is InChI=1S/C20H11Cl2N5OS/c21-12-2-1-3-13(22)18(12)25-20-26-19(28)16(29-20)9-11-4-5-14-15(8-11)27-7-6-23-17(27)10-24-14/h1-10H,(H,25,26,28)/b16-9+. The lowest BCUT2D eigenvalue weighted by atomic mass is 10.1. The topological polar surface area (TPSA) is 71.7 Å². The normalized spacial score (nSPS) is 15.4. The molecule has 2 aromatic carbocycles. The van der Waals surface area contributed by atoms with Gasteiger partial charge >= 0.3 is 0 Å². The van der Waals surface area contributed by atoms with Crippen LogP contribution in [0.25, 0.3) is 22.8 Å². The highest BCUT2D eigenvalue weighted by molar-refractivity contribution is 8.18. The second-order valence-electron chi connectivity index (χ2n) is 6.22. The van der Waals surface area contributed by atoms with Crippen molar-refractivity contribution < 1.29 is 4.79 Å². The number of nitrogens with one attached hydrogen (secondary N) is 1. The smallest absolute Gasteiger partial charge is 0.286 e. The van der Waals surface area contributed by atoms with Gasteiger partial charge in [-0.1, -0.05) is 35.3 Å². The second kappa shape index (κ2) is 7.18. The summed E-state index contributed by atoms with van der Waals surface area (Å²) in [5.74, 6) is -0.320. The summed E-state index contributed by atoms with van der Waals surface area (Å²) in [7, 11) is 0. The number of rotatable bonds is 2. The molecule has 1 aliphatic heterocycles. The Hall–Kier alpha value is -2.87. The molecular formula is C20H11Cl2N5OS. The molecule has 0 aliphatic carbocycles. The first-order valence-electron chi connectivity index (χ1n) is 8.54. The van der Waals surface area contributed by atoms with E-state index < -0.39 is 0 Å². The summed E-state index contributed by atoms with van der Waals surface area (Å²) in [5, 5.41) is 4.38. The van der Waals surface area contributed by atoms with Crippen molar-refractivity contribution in [3.63, 3.8) is 0 Å². The average Bonchev–Trinajstić information content (AvgIpc) is 3.32. The summed E-state index contributed by atoms with van der Waals surface area (Å²) in [5.41, 5.74) is 3.90. The highest BCUT2D eigenvalue weighted by Crippen LogP contribution is 2.34. The zero-order valence-corrected chi connectivity index (χ0v) is 17.0. The fraction of sp³-hybridized carbons (Fsp3) is 0. The largest absolute Gasteiger partial charge is 0.332 e. The van der Waals surface area contributed by atoms with E-state index >= 15 is 0 Å². The molecule has 0 unspecified atom stereocenters. The van der Waals surface area contributed by atoms with Crippen molar-refractivity contribution in [2.75, 3.05) is 5.32 Å². The van der Waals surface area contributed by atoms with Crippen molar-refractivity contribution in [2.24, 2.45) is 4.99 Å². The van der Waals surface area contributed by atoms with Gasteiger partial charge < -0.3 is 5.32 Å². The van der Waals surface area contributed by atoms with Crippen LogP contribution in [0.4, 0.5) is 5.69 Å². The maximum atomic E-state index is 12.4. The zero-order chi connectivity index (χ0) is 20.0. The minimum atomic E-state index is -0.320. The molecule has 6 nitrogen and oxygen atoms in total. The van der Waals surface area contributed by atoms with E-state index in [9.17, 15) is 4.79 Å². The molecule has 0 fully saturated rings. The van der Waals surface area contributed by atoms with Crippen LogP contribution < -0.4 is 5.32 Å². The van der Waals surface area contributed by atoms with E-state index in [1.165, 1.54) is 11.8 Å². The number of para-hydroxylation sites is 1. The maximum Gasteiger partial charge on any atom is 0.286 e. The lowest BCUT2D eigenvalue weighted by Gasteiger charge is -2.08. The number of amidine groups is 1. The van der Waals surface area contributed by atoms with Crippen molar-refractivity contribution >= 4 is 74.5 Å². The molecule has 1 aliphatic rings. The van der Waals surface area contributed by atoms with Crippen molar-refractivity contribution in [1.29, 1.82) is 0 Å². The van der Waals surface area contributed by atoms with Gasteiger partial charge in [0.15, 0.2) is 10.8 Å². The summed E-state index contributed by atoms with van der Waals surface area (Å²) in [4.78, 5) is 25.6. The summed E-state index contributed by atoms with van der Waals surface area (Å²) in [6.45, 7) is 0. The lowest BCUT2D eigenvalue weighted by Crippen LogP contribution is -2.05. The van der Waals surface area contributed by atoms with Gasteiger partial charge in [0.05, 0.1) is 37.9 Å². The fourth-order valence-electron chi connectivity index (χ4n) is 3.01. The van der Waals surface area contributed by atoms with E-state index in [1.807, 2.05) is 28.8 Å². The molecule has 0 saturated carbocycles. The first kappa shape index (κ1) is 18.2. The molecule has 0 saturated heterocycles. The predicted molar refractivity (Wildman–Crippen MR) is 119 cm³/mol. The van der Waals surface area contributed by atoms with Crippen molar-refractivity contribution in [1.82, 2.24) is 14.4 Å². The molecule has 9 heteroatoms. The third-order valence-corrected chi connectivity index (χ3v) is 5.89. The minimum absolute atomic E-state index is 0.320. The molecule has 0 atom stereocenters. The van der Waals surface area contributed by atoms with Crippen LogP contribution >= 0.6 is 35.0 Å². The molecule has 0 spiro atoms. The number of fused-ring (bicyclic) bond motifs is 3. The van der Waals surface area contributed by atoms with Crippen LogP contribution in [-0.4, -0.2) is 25.4 Å². The van der Waals surface area contributed by atoms with E-state index in [0.717, 1.165) is 22.2 Å². The zero-order valence-electron chi connectivity index (χ0n) is 14.6. The average molecular weight is 440 g/mol. The monoisotopic (exact) mass is 439 g/mol. The fourth-order valence-corrected chi connectivity index (χ4v) is 4.32. The number of amides is 1. The van der Waals surface area contributed by atoms with Gasteiger partial charge in [0.2, 0.25) is 0 Å². The number of anilines is 1. The molecule has 0 radical (unpaired) electrons.